The van der Waals surface area contributed by atoms with Gasteiger partial charge in [0.2, 0.25) is 0 Å². The molecule has 1 N–H and O–H groups in total. The summed E-state index contributed by atoms with van der Waals surface area (Å²) in [5, 5.41) is 3.24. The number of alkyl halides is 3. The predicted molar refractivity (Wildman–Crippen MR) is 84.7 cm³/mol. The van der Waals surface area contributed by atoms with E-state index in [0.29, 0.717) is 31.6 Å². The molecule has 7 heteroatoms. The normalized spacial score (nSPS) is 19.2. The predicted octanol–water partition coefficient (Wildman–Crippen LogP) is 3.46. The van der Waals surface area contributed by atoms with E-state index in [1.54, 1.807) is 31.7 Å². The Balaban J connectivity index is 1.99. The highest BCUT2D eigenvalue weighted by atomic mass is 19.4. The zero-order valence-electron chi connectivity index (χ0n) is 14.1. The van der Waals surface area contributed by atoms with Gasteiger partial charge < -0.3 is 15.0 Å². The lowest BCUT2D eigenvalue weighted by Crippen LogP contribution is -2.54. The van der Waals surface area contributed by atoms with Crippen molar-refractivity contribution >= 4 is 6.09 Å². The van der Waals surface area contributed by atoms with Crippen molar-refractivity contribution in [1.82, 2.24) is 10.2 Å². The quantitative estimate of drug-likeness (QED) is 0.893. The molecule has 1 fully saturated rings. The minimum atomic E-state index is -4.35. The third-order valence-corrected chi connectivity index (χ3v) is 3.64. The van der Waals surface area contributed by atoms with Crippen LogP contribution in [0.25, 0.3) is 0 Å². The molecule has 0 unspecified atom stereocenters. The monoisotopic (exact) mass is 344 g/mol. The molecule has 24 heavy (non-hydrogen) atoms. The summed E-state index contributed by atoms with van der Waals surface area (Å²) in [5.74, 6) is 0. The van der Waals surface area contributed by atoms with Crippen LogP contribution in [-0.2, 0) is 17.3 Å². The first-order valence-electron chi connectivity index (χ1n) is 7.92. The molecule has 0 saturated carbocycles. The molecule has 0 radical (unpaired) electrons. The number of amides is 1. The molecule has 1 heterocycles. The Morgan fingerprint density at radius 3 is 2.67 bits per heavy atom. The van der Waals surface area contributed by atoms with Gasteiger partial charge in [-0.25, -0.2) is 4.79 Å². The third kappa shape index (κ3) is 5.40. The standard InChI is InChI=1S/C17H23F3N2O2/c1-16(2,3)24-15(23)22-8-7-21-14(11-22)10-12-5-4-6-13(9-12)17(18,19)20/h4-6,9,14,21H,7-8,10-11H2,1-3H3/t14-/m1/s1. The number of halogens is 3. The van der Waals surface area contributed by atoms with Crippen LogP contribution >= 0.6 is 0 Å². The van der Waals surface area contributed by atoms with Crippen LogP contribution in [0.1, 0.15) is 31.9 Å². The minimum absolute atomic E-state index is 0.102. The Morgan fingerprint density at radius 1 is 1.33 bits per heavy atom. The van der Waals surface area contributed by atoms with Gasteiger partial charge >= 0.3 is 12.3 Å². The second-order valence-electron chi connectivity index (χ2n) is 6.98. The van der Waals surface area contributed by atoms with Gasteiger partial charge in [0.05, 0.1) is 5.56 Å². The van der Waals surface area contributed by atoms with Crippen LogP contribution in [0.3, 0.4) is 0 Å². The van der Waals surface area contributed by atoms with Crippen LogP contribution in [0.5, 0.6) is 0 Å². The van der Waals surface area contributed by atoms with Crippen LogP contribution in [-0.4, -0.2) is 42.3 Å². The lowest BCUT2D eigenvalue weighted by atomic mass is 10.0. The molecular formula is C17H23F3N2O2. The summed E-state index contributed by atoms with van der Waals surface area (Å²) in [4.78, 5) is 13.7. The molecule has 1 amide bonds. The summed E-state index contributed by atoms with van der Waals surface area (Å²) in [6.45, 7) is 6.91. The first kappa shape index (κ1) is 18.6. The first-order valence-corrected chi connectivity index (χ1v) is 7.92. The van der Waals surface area contributed by atoms with Gasteiger partial charge in [-0.2, -0.15) is 13.2 Å². The smallest absolute Gasteiger partial charge is 0.416 e. The Labute approximate surface area is 140 Å². The molecule has 1 aromatic carbocycles. The number of hydrogen-bond acceptors (Lipinski definition) is 3. The lowest BCUT2D eigenvalue weighted by molar-refractivity contribution is -0.137. The van der Waals surface area contributed by atoms with Crippen LogP contribution in [0.4, 0.5) is 18.0 Å². The molecule has 1 saturated heterocycles. The van der Waals surface area contributed by atoms with Crippen molar-refractivity contribution in [1.29, 1.82) is 0 Å². The maximum Gasteiger partial charge on any atom is 0.416 e. The zero-order chi connectivity index (χ0) is 18.0. The molecule has 1 aliphatic rings. The highest BCUT2D eigenvalue weighted by molar-refractivity contribution is 5.68. The van der Waals surface area contributed by atoms with Gasteiger partial charge in [0.25, 0.3) is 0 Å². The van der Waals surface area contributed by atoms with Gasteiger partial charge in [-0.1, -0.05) is 18.2 Å². The summed E-state index contributed by atoms with van der Waals surface area (Å²) in [6.07, 6.45) is -4.32. The van der Waals surface area contributed by atoms with E-state index in [-0.39, 0.29) is 6.04 Å². The van der Waals surface area contributed by atoms with Gasteiger partial charge in [-0.05, 0) is 38.8 Å². The fourth-order valence-corrected chi connectivity index (χ4v) is 2.61. The van der Waals surface area contributed by atoms with E-state index < -0.39 is 23.4 Å². The van der Waals surface area contributed by atoms with E-state index in [2.05, 4.69) is 5.32 Å². The minimum Gasteiger partial charge on any atom is -0.444 e. The molecule has 4 nitrogen and oxygen atoms in total. The molecule has 0 aromatic heterocycles. The van der Waals surface area contributed by atoms with Crippen LogP contribution in [0, 0.1) is 0 Å². The number of nitrogens with zero attached hydrogens (tertiary/aromatic N) is 1. The van der Waals surface area contributed by atoms with Crippen molar-refractivity contribution in [3.63, 3.8) is 0 Å². The Hall–Kier alpha value is -1.76. The SMILES string of the molecule is CC(C)(C)OC(=O)N1CCN[C@H](Cc2cccc(C(F)(F)F)c2)C1. The molecule has 134 valence electrons. The number of piperazine rings is 1. The molecule has 1 aromatic rings. The second-order valence-corrected chi connectivity index (χ2v) is 6.98. The first-order chi connectivity index (χ1) is 11.0. The second kappa shape index (κ2) is 7.01. The largest absolute Gasteiger partial charge is 0.444 e. The maximum absolute atomic E-state index is 12.8. The summed E-state index contributed by atoms with van der Waals surface area (Å²) in [5.41, 5.74) is -0.633. The highest BCUT2D eigenvalue weighted by Gasteiger charge is 2.31. The van der Waals surface area contributed by atoms with Crippen molar-refractivity contribution in [3.05, 3.63) is 35.4 Å². The van der Waals surface area contributed by atoms with Gasteiger partial charge in [0.1, 0.15) is 5.60 Å². The Morgan fingerprint density at radius 2 is 2.04 bits per heavy atom. The number of nitrogens with one attached hydrogen (secondary N) is 1. The summed E-state index contributed by atoms with van der Waals surface area (Å²) in [7, 11) is 0. The van der Waals surface area contributed by atoms with Crippen molar-refractivity contribution < 1.29 is 22.7 Å². The number of benzene rings is 1. The van der Waals surface area contributed by atoms with E-state index in [4.69, 9.17) is 4.74 Å². The van der Waals surface area contributed by atoms with E-state index in [1.165, 1.54) is 6.07 Å². The molecule has 0 bridgehead atoms. The average molecular weight is 344 g/mol. The van der Waals surface area contributed by atoms with Crippen molar-refractivity contribution in [2.75, 3.05) is 19.6 Å². The zero-order valence-corrected chi connectivity index (χ0v) is 14.1. The summed E-state index contributed by atoms with van der Waals surface area (Å²) < 4.78 is 43.7. The van der Waals surface area contributed by atoms with Gasteiger partial charge in [-0.3, -0.25) is 0 Å². The molecule has 0 spiro atoms. The molecule has 1 aliphatic heterocycles. The Bertz CT molecular complexity index is 582. The molecular weight excluding hydrogens is 321 g/mol. The fraction of sp³-hybridized carbons (Fsp3) is 0.588. The fourth-order valence-electron chi connectivity index (χ4n) is 2.61. The lowest BCUT2D eigenvalue weighted by Gasteiger charge is -2.35. The van der Waals surface area contributed by atoms with E-state index in [1.807, 2.05) is 0 Å². The van der Waals surface area contributed by atoms with Crippen molar-refractivity contribution in [2.45, 2.75) is 45.0 Å². The van der Waals surface area contributed by atoms with Crippen LogP contribution in [0.2, 0.25) is 0 Å². The van der Waals surface area contributed by atoms with E-state index >= 15 is 0 Å². The van der Waals surface area contributed by atoms with Crippen molar-refractivity contribution in [2.24, 2.45) is 0 Å². The van der Waals surface area contributed by atoms with Crippen molar-refractivity contribution in [3.8, 4) is 0 Å². The topological polar surface area (TPSA) is 41.6 Å². The summed E-state index contributed by atoms with van der Waals surface area (Å²) >= 11 is 0. The highest BCUT2D eigenvalue weighted by Crippen LogP contribution is 2.29. The summed E-state index contributed by atoms with van der Waals surface area (Å²) in [6, 6.07) is 5.20. The number of carbonyl (C=O) groups excluding carboxylic acids is 1. The molecule has 0 aliphatic carbocycles. The number of hydrogen-bond donors (Lipinski definition) is 1. The number of ether oxygens (including phenoxy) is 1. The number of carbonyl (C=O) groups is 1. The van der Waals surface area contributed by atoms with Gasteiger partial charge in [0, 0.05) is 25.7 Å². The molecule has 2 rings (SSSR count). The van der Waals surface area contributed by atoms with Crippen LogP contribution < -0.4 is 5.32 Å². The average Bonchev–Trinajstić information content (AvgIpc) is 2.45. The van der Waals surface area contributed by atoms with Crippen LogP contribution in [0.15, 0.2) is 24.3 Å². The number of rotatable bonds is 2. The Kier molecular flexibility index (Phi) is 5.42. The van der Waals surface area contributed by atoms with Gasteiger partial charge in [0.15, 0.2) is 0 Å². The van der Waals surface area contributed by atoms with Gasteiger partial charge in [-0.15, -0.1) is 0 Å². The third-order valence-electron chi connectivity index (χ3n) is 3.64. The van der Waals surface area contributed by atoms with E-state index in [0.717, 1.165) is 12.1 Å². The molecule has 1 atom stereocenters. The van der Waals surface area contributed by atoms with E-state index in [9.17, 15) is 18.0 Å². The maximum atomic E-state index is 12.8.